The van der Waals surface area contributed by atoms with Crippen LogP contribution < -0.4 is 0 Å². The molecule has 0 radical (unpaired) electrons. The number of amides is 1. The van der Waals surface area contributed by atoms with Crippen molar-refractivity contribution in [3.63, 3.8) is 0 Å². The molecule has 0 N–H and O–H groups in total. The van der Waals surface area contributed by atoms with Gasteiger partial charge in [0.15, 0.2) is 0 Å². The van der Waals surface area contributed by atoms with E-state index in [1.807, 2.05) is 24.1 Å². The number of fused-ring (bicyclic) bond motifs is 2. The lowest BCUT2D eigenvalue weighted by Crippen LogP contribution is -2.37. The van der Waals surface area contributed by atoms with Gasteiger partial charge in [0.25, 0.3) is 0 Å². The summed E-state index contributed by atoms with van der Waals surface area (Å²) in [6.45, 7) is 6.21. The molecule has 0 fully saturated rings. The van der Waals surface area contributed by atoms with Crippen molar-refractivity contribution in [3.8, 4) is 0 Å². The van der Waals surface area contributed by atoms with E-state index in [9.17, 15) is 4.79 Å². The molecule has 4 nitrogen and oxygen atoms in total. The van der Waals surface area contributed by atoms with Gasteiger partial charge >= 0.3 is 0 Å². The van der Waals surface area contributed by atoms with E-state index in [1.165, 1.54) is 27.8 Å². The smallest absolute Gasteiger partial charge is 0.227 e. The SMILES string of the molecule is Cc1ccc(CCN2Cc3cc4c(cc3CC2=O)CN=C4c2ccnc(C)c2)cc1. The van der Waals surface area contributed by atoms with Crippen LogP contribution in [0.1, 0.15) is 44.6 Å². The maximum Gasteiger partial charge on any atom is 0.227 e. The summed E-state index contributed by atoms with van der Waals surface area (Å²) in [6, 6.07) is 17.2. The van der Waals surface area contributed by atoms with Gasteiger partial charge in [-0.3, -0.25) is 14.8 Å². The highest BCUT2D eigenvalue weighted by Gasteiger charge is 2.27. The maximum absolute atomic E-state index is 12.7. The normalized spacial score (nSPS) is 15.1. The van der Waals surface area contributed by atoms with Crippen LogP contribution in [0.15, 0.2) is 59.7 Å². The van der Waals surface area contributed by atoms with Crippen LogP contribution in [0.25, 0.3) is 0 Å². The first-order valence-corrected chi connectivity index (χ1v) is 10.5. The largest absolute Gasteiger partial charge is 0.338 e. The predicted molar refractivity (Wildman–Crippen MR) is 119 cm³/mol. The number of nitrogens with zero attached hydrogens (tertiary/aromatic N) is 3. The van der Waals surface area contributed by atoms with E-state index in [4.69, 9.17) is 4.99 Å². The number of aliphatic imine (C=N–C) groups is 1. The molecule has 30 heavy (non-hydrogen) atoms. The Morgan fingerprint density at radius 1 is 0.967 bits per heavy atom. The Bertz CT molecular complexity index is 1160. The second-order valence-corrected chi connectivity index (χ2v) is 8.36. The van der Waals surface area contributed by atoms with Crippen molar-refractivity contribution in [1.29, 1.82) is 0 Å². The van der Waals surface area contributed by atoms with Crippen LogP contribution in [-0.4, -0.2) is 28.0 Å². The fourth-order valence-electron chi connectivity index (χ4n) is 4.38. The molecule has 2 aliphatic rings. The molecular weight excluding hydrogens is 370 g/mol. The highest BCUT2D eigenvalue weighted by Crippen LogP contribution is 2.30. The van der Waals surface area contributed by atoms with Crippen LogP contribution in [-0.2, 0) is 30.7 Å². The summed E-state index contributed by atoms with van der Waals surface area (Å²) in [5.41, 5.74) is 10.5. The zero-order valence-electron chi connectivity index (χ0n) is 17.5. The molecule has 4 heteroatoms. The van der Waals surface area contributed by atoms with Crippen molar-refractivity contribution in [1.82, 2.24) is 9.88 Å². The number of carbonyl (C=O) groups excluding carboxylic acids is 1. The minimum absolute atomic E-state index is 0.221. The quantitative estimate of drug-likeness (QED) is 0.665. The number of hydrogen-bond donors (Lipinski definition) is 0. The van der Waals surface area contributed by atoms with Crippen LogP contribution in [0.4, 0.5) is 0 Å². The van der Waals surface area contributed by atoms with Crippen molar-refractivity contribution < 1.29 is 4.79 Å². The number of carbonyl (C=O) groups is 1. The van der Waals surface area contributed by atoms with Gasteiger partial charge in [-0.15, -0.1) is 0 Å². The van der Waals surface area contributed by atoms with Crippen molar-refractivity contribution >= 4 is 11.6 Å². The fraction of sp³-hybridized carbons (Fsp3) is 0.269. The van der Waals surface area contributed by atoms with Crippen molar-refractivity contribution in [2.45, 2.75) is 39.8 Å². The molecule has 0 atom stereocenters. The zero-order chi connectivity index (χ0) is 20.7. The standard InChI is InChI=1S/C26H25N3O/c1-17-3-5-19(6-4-17)8-10-29-16-23-13-24-22(12-21(23)14-25(29)30)15-28-26(24)20-7-9-27-18(2)11-20/h3-7,9,11-13H,8,10,14-16H2,1-2H3. The summed E-state index contributed by atoms with van der Waals surface area (Å²) >= 11 is 0. The summed E-state index contributed by atoms with van der Waals surface area (Å²) in [4.78, 5) is 23.8. The van der Waals surface area contributed by atoms with Crippen LogP contribution in [0.2, 0.25) is 0 Å². The lowest BCUT2D eigenvalue weighted by molar-refractivity contribution is -0.131. The number of aryl methyl sites for hydroxylation is 2. The van der Waals surface area contributed by atoms with Gasteiger partial charge in [-0.2, -0.15) is 0 Å². The first kappa shape index (κ1) is 18.7. The molecule has 3 heterocycles. The summed E-state index contributed by atoms with van der Waals surface area (Å²) in [6.07, 6.45) is 3.21. The summed E-state index contributed by atoms with van der Waals surface area (Å²) in [7, 11) is 0. The number of rotatable bonds is 4. The van der Waals surface area contributed by atoms with Gasteiger partial charge in [0.05, 0.1) is 18.7 Å². The average molecular weight is 396 g/mol. The molecule has 0 saturated carbocycles. The Balaban J connectivity index is 1.38. The molecule has 0 aliphatic carbocycles. The van der Waals surface area contributed by atoms with Crippen LogP contribution in [0, 0.1) is 13.8 Å². The van der Waals surface area contributed by atoms with Gasteiger partial charge in [-0.1, -0.05) is 35.9 Å². The molecule has 2 aromatic carbocycles. The van der Waals surface area contributed by atoms with Gasteiger partial charge in [0.2, 0.25) is 5.91 Å². The molecule has 0 unspecified atom stereocenters. The second kappa shape index (κ2) is 7.52. The molecule has 5 rings (SSSR count). The molecule has 3 aromatic rings. The molecule has 0 spiro atoms. The summed E-state index contributed by atoms with van der Waals surface area (Å²) in [5, 5.41) is 0. The molecule has 0 saturated heterocycles. The topological polar surface area (TPSA) is 45.6 Å². The third kappa shape index (κ3) is 3.54. The van der Waals surface area contributed by atoms with E-state index in [1.54, 1.807) is 0 Å². The molecule has 150 valence electrons. The number of benzene rings is 2. The Hall–Kier alpha value is -3.27. The Morgan fingerprint density at radius 2 is 1.80 bits per heavy atom. The van der Waals surface area contributed by atoms with E-state index in [0.717, 1.165) is 35.5 Å². The lowest BCUT2D eigenvalue weighted by atomic mass is 9.91. The van der Waals surface area contributed by atoms with Crippen molar-refractivity contribution in [3.05, 3.63) is 99.4 Å². The van der Waals surface area contributed by atoms with Gasteiger partial charge < -0.3 is 4.90 Å². The first-order chi connectivity index (χ1) is 14.6. The Morgan fingerprint density at radius 3 is 2.60 bits per heavy atom. The molecule has 1 amide bonds. The zero-order valence-corrected chi connectivity index (χ0v) is 17.5. The monoisotopic (exact) mass is 395 g/mol. The third-order valence-electron chi connectivity index (χ3n) is 6.10. The van der Waals surface area contributed by atoms with Gasteiger partial charge in [0, 0.05) is 36.1 Å². The lowest BCUT2D eigenvalue weighted by Gasteiger charge is -2.29. The van der Waals surface area contributed by atoms with E-state index in [-0.39, 0.29) is 5.91 Å². The van der Waals surface area contributed by atoms with Crippen LogP contribution in [0.5, 0.6) is 0 Å². The minimum atomic E-state index is 0.221. The number of hydrogen-bond acceptors (Lipinski definition) is 3. The van der Waals surface area contributed by atoms with E-state index < -0.39 is 0 Å². The molecular formula is C26H25N3O. The number of pyridine rings is 1. The van der Waals surface area contributed by atoms with Crippen LogP contribution >= 0.6 is 0 Å². The van der Waals surface area contributed by atoms with Gasteiger partial charge in [-0.25, -0.2) is 0 Å². The highest BCUT2D eigenvalue weighted by molar-refractivity contribution is 6.15. The summed E-state index contributed by atoms with van der Waals surface area (Å²) in [5.74, 6) is 0.221. The maximum atomic E-state index is 12.7. The molecule has 2 aliphatic heterocycles. The number of aromatic nitrogens is 1. The predicted octanol–water partition coefficient (Wildman–Crippen LogP) is 4.18. The Kier molecular flexibility index (Phi) is 4.70. The Labute approximate surface area is 177 Å². The second-order valence-electron chi connectivity index (χ2n) is 8.36. The first-order valence-electron chi connectivity index (χ1n) is 10.5. The fourth-order valence-corrected chi connectivity index (χ4v) is 4.38. The van der Waals surface area contributed by atoms with Crippen LogP contribution in [0.3, 0.4) is 0 Å². The van der Waals surface area contributed by atoms with E-state index in [0.29, 0.717) is 19.5 Å². The minimum Gasteiger partial charge on any atom is -0.338 e. The highest BCUT2D eigenvalue weighted by atomic mass is 16.2. The summed E-state index contributed by atoms with van der Waals surface area (Å²) < 4.78 is 0. The van der Waals surface area contributed by atoms with Crippen molar-refractivity contribution in [2.75, 3.05) is 6.54 Å². The van der Waals surface area contributed by atoms with Gasteiger partial charge in [0.1, 0.15) is 0 Å². The van der Waals surface area contributed by atoms with Gasteiger partial charge in [-0.05, 0) is 60.7 Å². The van der Waals surface area contributed by atoms with Crippen molar-refractivity contribution in [2.24, 2.45) is 4.99 Å². The molecule has 0 bridgehead atoms. The average Bonchev–Trinajstić information content (AvgIpc) is 3.14. The van der Waals surface area contributed by atoms with E-state index >= 15 is 0 Å². The third-order valence-corrected chi connectivity index (χ3v) is 6.10. The van der Waals surface area contributed by atoms with E-state index in [2.05, 4.69) is 54.4 Å². The molecule has 1 aromatic heterocycles.